The van der Waals surface area contributed by atoms with Gasteiger partial charge in [-0.3, -0.25) is 0 Å². The van der Waals surface area contributed by atoms with E-state index in [1.807, 2.05) is 30.3 Å². The zero-order chi connectivity index (χ0) is 21.1. The molecule has 158 valence electrons. The minimum atomic E-state index is 0. The quantitative estimate of drug-likeness (QED) is 0.390. The van der Waals surface area contributed by atoms with Crippen molar-refractivity contribution in [3.05, 3.63) is 46.3 Å². The van der Waals surface area contributed by atoms with Crippen LogP contribution in [0.15, 0.2) is 30.3 Å². The van der Waals surface area contributed by atoms with E-state index < -0.39 is 0 Å². The minimum absolute atomic E-state index is 0. The van der Waals surface area contributed by atoms with Crippen LogP contribution in [0.3, 0.4) is 0 Å². The van der Waals surface area contributed by atoms with Gasteiger partial charge in [0.2, 0.25) is 0 Å². The Morgan fingerprint density at radius 2 is 0.630 bits per heavy atom. The van der Waals surface area contributed by atoms with Crippen molar-refractivity contribution in [1.82, 2.24) is 0 Å². The fraction of sp³-hybridized carbons (Fsp3) is 0.783. The molecule has 3 nitrogen and oxygen atoms in total. The van der Waals surface area contributed by atoms with Gasteiger partial charge in [0.15, 0.2) is 0 Å². The van der Waals surface area contributed by atoms with Gasteiger partial charge in [0.05, 0.1) is 0 Å². The summed E-state index contributed by atoms with van der Waals surface area (Å²) in [5.74, 6) is 0. The van der Waals surface area contributed by atoms with Crippen molar-refractivity contribution < 1.29 is 26.2 Å². The summed E-state index contributed by atoms with van der Waals surface area (Å²) < 4.78 is 0. The molecule has 0 aromatic heterocycles. The van der Waals surface area contributed by atoms with E-state index in [-0.39, 0.29) is 26.2 Å². The zero-order valence-corrected chi connectivity index (χ0v) is 22.7. The fourth-order valence-electron chi connectivity index (χ4n) is 2.11. The molecular formula is C23H47N3Zr. The third kappa shape index (κ3) is 51.8. The van der Waals surface area contributed by atoms with Crippen LogP contribution in [0.4, 0.5) is 0 Å². The Labute approximate surface area is 191 Å². The van der Waals surface area contributed by atoms with Gasteiger partial charge in [0, 0.05) is 0 Å². The van der Waals surface area contributed by atoms with E-state index in [1.165, 1.54) is 0 Å². The summed E-state index contributed by atoms with van der Waals surface area (Å²) in [6, 6.07) is 13.0. The summed E-state index contributed by atoms with van der Waals surface area (Å²) in [4.78, 5) is 0. The fourth-order valence-corrected chi connectivity index (χ4v) is 2.11. The second-order valence-corrected chi connectivity index (χ2v) is 7.97. The van der Waals surface area contributed by atoms with Crippen molar-refractivity contribution in [3.63, 3.8) is 0 Å². The van der Waals surface area contributed by atoms with Gasteiger partial charge in [-0.2, -0.15) is 18.2 Å². The second kappa shape index (κ2) is 24.2. The molecule has 0 unspecified atom stereocenters. The first-order valence-electron chi connectivity index (χ1n) is 10.1. The molecule has 0 bridgehead atoms. The molecule has 27 heavy (non-hydrogen) atoms. The molecule has 0 saturated heterocycles. The van der Waals surface area contributed by atoms with E-state index in [1.54, 1.807) is 0 Å². The van der Waals surface area contributed by atoms with Crippen molar-refractivity contribution in [2.24, 2.45) is 0 Å². The van der Waals surface area contributed by atoms with Crippen molar-refractivity contribution in [2.75, 3.05) is 0 Å². The Morgan fingerprint density at radius 1 is 0.444 bits per heavy atom. The predicted molar refractivity (Wildman–Crippen MR) is 123 cm³/mol. The van der Waals surface area contributed by atoms with Gasteiger partial charge >= 0.3 is 26.2 Å². The number of hydrogen-bond donors (Lipinski definition) is 0. The largest absolute Gasteiger partial charge is 4.00 e. The SMILES string of the molecule is CC(C)[N-]C(C)C.CC(C)[N-]C(C)C.CC(C)[N-]C(C)C.[Zr+4].c1cc[cH-]c1. The monoisotopic (exact) mass is 455 g/mol. The van der Waals surface area contributed by atoms with Gasteiger partial charge in [-0.05, 0) is 0 Å². The molecule has 0 fully saturated rings. The van der Waals surface area contributed by atoms with Crippen LogP contribution >= 0.6 is 0 Å². The van der Waals surface area contributed by atoms with E-state index in [9.17, 15) is 0 Å². The summed E-state index contributed by atoms with van der Waals surface area (Å²) in [5.41, 5.74) is 0. The Balaban J connectivity index is -0.000000130. The summed E-state index contributed by atoms with van der Waals surface area (Å²) in [5, 5.41) is 12.8. The molecule has 1 aromatic carbocycles. The number of nitrogens with zero attached hydrogens (tertiary/aromatic N) is 3. The standard InChI is InChI=1S/3C6H14N.C5H5.Zr/c3*1-5(2)7-6(3)4;1-2-4-5-3-1;/h3*5-6H,1-4H3;1-5H;/q4*-1;+4. The van der Waals surface area contributed by atoms with Crippen LogP contribution < -0.4 is 0 Å². The van der Waals surface area contributed by atoms with Crippen molar-refractivity contribution in [2.45, 2.75) is 119 Å². The first-order chi connectivity index (χ1) is 11.9. The van der Waals surface area contributed by atoms with Crippen LogP contribution in [0.1, 0.15) is 83.1 Å². The van der Waals surface area contributed by atoms with Gasteiger partial charge < -0.3 is 16.0 Å². The maximum Gasteiger partial charge on any atom is 4.00 e. The number of hydrogen-bond acceptors (Lipinski definition) is 0. The molecule has 0 atom stereocenters. The van der Waals surface area contributed by atoms with Gasteiger partial charge in [-0.15, -0.1) is 36.3 Å². The molecular weight excluding hydrogens is 409 g/mol. The maximum atomic E-state index is 4.28. The molecule has 0 spiro atoms. The van der Waals surface area contributed by atoms with E-state index in [0.717, 1.165) is 0 Å². The first-order valence-corrected chi connectivity index (χ1v) is 10.1. The molecule has 1 rings (SSSR count). The average Bonchev–Trinajstić information content (AvgIpc) is 2.93. The third-order valence-corrected chi connectivity index (χ3v) is 2.34. The Morgan fingerprint density at radius 3 is 0.667 bits per heavy atom. The van der Waals surface area contributed by atoms with Crippen LogP contribution in [-0.2, 0) is 26.2 Å². The molecule has 1 aromatic rings. The topological polar surface area (TPSA) is 42.3 Å². The molecule has 0 heterocycles. The maximum absolute atomic E-state index is 4.28. The van der Waals surface area contributed by atoms with Crippen LogP contribution in [0, 0.1) is 0 Å². The number of rotatable bonds is 6. The van der Waals surface area contributed by atoms with Gasteiger partial charge in [0.1, 0.15) is 0 Å². The molecule has 4 heteroatoms. The van der Waals surface area contributed by atoms with E-state index >= 15 is 0 Å². The Hall–Kier alpha value is 0.113. The second-order valence-electron chi connectivity index (χ2n) is 7.97. The Bertz CT molecular complexity index is 263. The average molecular weight is 457 g/mol. The van der Waals surface area contributed by atoms with E-state index in [0.29, 0.717) is 36.3 Å². The molecule has 0 radical (unpaired) electrons. The van der Waals surface area contributed by atoms with Gasteiger partial charge in [-0.25, -0.2) is 12.1 Å². The Kier molecular flexibility index (Phi) is 31.0. The molecule has 0 saturated carbocycles. The summed E-state index contributed by atoms with van der Waals surface area (Å²) >= 11 is 0. The summed E-state index contributed by atoms with van der Waals surface area (Å²) in [6.45, 7) is 25.2. The van der Waals surface area contributed by atoms with Gasteiger partial charge in [0.25, 0.3) is 0 Å². The van der Waals surface area contributed by atoms with Crippen molar-refractivity contribution in [1.29, 1.82) is 0 Å². The molecule has 0 amide bonds. The third-order valence-electron chi connectivity index (χ3n) is 2.34. The van der Waals surface area contributed by atoms with E-state index in [4.69, 9.17) is 0 Å². The predicted octanol–water partition coefficient (Wildman–Crippen LogP) is 7.93. The molecule has 0 N–H and O–H groups in total. The van der Waals surface area contributed by atoms with Crippen LogP contribution in [0.2, 0.25) is 0 Å². The summed E-state index contributed by atoms with van der Waals surface area (Å²) in [6.07, 6.45) is 0. The summed E-state index contributed by atoms with van der Waals surface area (Å²) in [7, 11) is 0. The van der Waals surface area contributed by atoms with Crippen LogP contribution in [0.25, 0.3) is 16.0 Å². The van der Waals surface area contributed by atoms with Crippen molar-refractivity contribution in [3.8, 4) is 0 Å². The van der Waals surface area contributed by atoms with Crippen molar-refractivity contribution >= 4 is 0 Å². The van der Waals surface area contributed by atoms with Gasteiger partial charge in [-0.1, -0.05) is 83.1 Å². The molecule has 0 aliphatic rings. The first kappa shape index (κ1) is 34.6. The normalized spacial score (nSPS) is 10.1. The molecule has 0 aliphatic carbocycles. The smallest absolute Gasteiger partial charge is 0.658 e. The van der Waals surface area contributed by atoms with Crippen LogP contribution in [0.5, 0.6) is 0 Å². The zero-order valence-electron chi connectivity index (χ0n) is 20.2. The van der Waals surface area contributed by atoms with Crippen LogP contribution in [-0.4, -0.2) is 36.3 Å². The molecule has 0 aliphatic heterocycles. The minimum Gasteiger partial charge on any atom is -0.658 e. The van der Waals surface area contributed by atoms with E-state index in [2.05, 4.69) is 99.0 Å².